The number of methoxy groups -OCH3 is 1. The fourth-order valence-electron chi connectivity index (χ4n) is 4.18. The molecule has 2 atom stereocenters. The van der Waals surface area contributed by atoms with Crippen molar-refractivity contribution in [3.63, 3.8) is 0 Å². The molecule has 0 bridgehead atoms. The maximum Gasteiger partial charge on any atom is 0.244 e. The van der Waals surface area contributed by atoms with E-state index in [9.17, 15) is 4.79 Å². The van der Waals surface area contributed by atoms with Crippen LogP contribution in [0.15, 0.2) is 61.2 Å². The number of nitrogens with zero attached hydrogens (tertiary/aromatic N) is 4. The van der Waals surface area contributed by atoms with Crippen LogP contribution in [0, 0.1) is 0 Å². The molecule has 1 aliphatic heterocycles. The monoisotopic (exact) mass is 420 g/mol. The largest absolute Gasteiger partial charge is 0.497 e. The van der Waals surface area contributed by atoms with Crippen LogP contribution in [0.5, 0.6) is 5.75 Å². The fraction of sp³-hybridized carbons (Fsp3) is 0.375. The van der Waals surface area contributed by atoms with Crippen LogP contribution >= 0.6 is 0 Å². The number of rotatable bonds is 7. The lowest BCUT2D eigenvalue weighted by Gasteiger charge is -2.37. The number of carbonyl (C=O) groups excluding carboxylic acids is 1. The summed E-state index contributed by atoms with van der Waals surface area (Å²) in [5, 5.41) is 4.06. The van der Waals surface area contributed by atoms with Crippen LogP contribution in [0.3, 0.4) is 0 Å². The zero-order valence-electron chi connectivity index (χ0n) is 18.0. The average molecular weight is 421 g/mol. The summed E-state index contributed by atoms with van der Waals surface area (Å²) in [6.45, 7) is 3.53. The lowest BCUT2D eigenvalue weighted by molar-refractivity contribution is -0.137. The summed E-state index contributed by atoms with van der Waals surface area (Å²) in [5.41, 5.74) is 3.41. The van der Waals surface area contributed by atoms with Crippen LogP contribution in [0.25, 0.3) is 11.1 Å². The van der Waals surface area contributed by atoms with Gasteiger partial charge in [-0.25, -0.2) is 9.67 Å². The third kappa shape index (κ3) is 4.94. The van der Waals surface area contributed by atoms with Crippen molar-refractivity contribution in [2.45, 2.75) is 38.5 Å². The van der Waals surface area contributed by atoms with Crippen LogP contribution in [0.1, 0.15) is 31.4 Å². The van der Waals surface area contributed by atoms with Crippen molar-refractivity contribution < 1.29 is 14.3 Å². The van der Waals surface area contributed by atoms with Gasteiger partial charge in [0.1, 0.15) is 24.9 Å². The minimum absolute atomic E-state index is 0.0369. The molecule has 2 heterocycles. The molecule has 1 aromatic heterocycles. The second kappa shape index (κ2) is 9.75. The molecule has 162 valence electrons. The molecule has 1 fully saturated rings. The Morgan fingerprint density at radius 3 is 2.77 bits per heavy atom. The van der Waals surface area contributed by atoms with E-state index in [1.165, 1.54) is 6.33 Å². The molecular weight excluding hydrogens is 392 g/mol. The first-order valence-electron chi connectivity index (χ1n) is 10.7. The van der Waals surface area contributed by atoms with E-state index in [2.05, 4.69) is 46.5 Å². The normalized spacial score (nSPS) is 18.5. The van der Waals surface area contributed by atoms with Gasteiger partial charge < -0.3 is 14.4 Å². The van der Waals surface area contributed by atoms with Gasteiger partial charge in [-0.1, -0.05) is 30.3 Å². The van der Waals surface area contributed by atoms with E-state index >= 15 is 0 Å². The van der Waals surface area contributed by atoms with E-state index in [1.807, 2.05) is 24.0 Å². The van der Waals surface area contributed by atoms with Crippen molar-refractivity contribution in [3.8, 4) is 16.9 Å². The predicted octanol–water partition coefficient (Wildman–Crippen LogP) is 3.72. The molecule has 7 nitrogen and oxygen atoms in total. The van der Waals surface area contributed by atoms with Crippen molar-refractivity contribution in [2.24, 2.45) is 0 Å². The Kier molecular flexibility index (Phi) is 6.62. The topological polar surface area (TPSA) is 69.5 Å². The van der Waals surface area contributed by atoms with Gasteiger partial charge >= 0.3 is 0 Å². The summed E-state index contributed by atoms with van der Waals surface area (Å²) in [5.74, 6) is 0.902. The van der Waals surface area contributed by atoms with Crippen molar-refractivity contribution >= 4 is 5.91 Å². The Bertz CT molecular complexity index is 988. The van der Waals surface area contributed by atoms with Gasteiger partial charge in [0.2, 0.25) is 5.91 Å². The summed E-state index contributed by atoms with van der Waals surface area (Å²) in [4.78, 5) is 18.7. The maximum absolute atomic E-state index is 12.9. The highest BCUT2D eigenvalue weighted by Gasteiger charge is 2.30. The van der Waals surface area contributed by atoms with Crippen LogP contribution in [-0.4, -0.2) is 51.9 Å². The first-order valence-corrected chi connectivity index (χ1v) is 10.7. The van der Waals surface area contributed by atoms with E-state index in [0.29, 0.717) is 13.2 Å². The molecule has 0 unspecified atom stereocenters. The molecule has 0 spiro atoms. The lowest BCUT2D eigenvalue weighted by Crippen LogP contribution is -2.45. The Morgan fingerprint density at radius 1 is 1.23 bits per heavy atom. The average Bonchev–Trinajstić information content (AvgIpc) is 3.33. The Labute approximate surface area is 182 Å². The van der Waals surface area contributed by atoms with Crippen LogP contribution in [0.4, 0.5) is 0 Å². The minimum Gasteiger partial charge on any atom is -0.497 e. The molecule has 0 N–H and O–H groups in total. The molecule has 3 aromatic rings. The highest BCUT2D eigenvalue weighted by Crippen LogP contribution is 2.33. The zero-order chi connectivity index (χ0) is 21.6. The Morgan fingerprint density at radius 2 is 2.06 bits per heavy atom. The fourth-order valence-corrected chi connectivity index (χ4v) is 4.18. The summed E-state index contributed by atoms with van der Waals surface area (Å²) in [6.07, 6.45) is 4.60. The molecule has 1 saturated heterocycles. The molecule has 0 radical (unpaired) electrons. The molecule has 31 heavy (non-hydrogen) atoms. The van der Waals surface area contributed by atoms with Gasteiger partial charge in [-0.2, -0.15) is 5.10 Å². The van der Waals surface area contributed by atoms with Gasteiger partial charge in [0.25, 0.3) is 0 Å². The second-order valence-electron chi connectivity index (χ2n) is 7.66. The summed E-state index contributed by atoms with van der Waals surface area (Å²) >= 11 is 0. The van der Waals surface area contributed by atoms with Crippen molar-refractivity contribution in [1.29, 1.82) is 0 Å². The molecule has 7 heteroatoms. The predicted molar refractivity (Wildman–Crippen MR) is 118 cm³/mol. The summed E-state index contributed by atoms with van der Waals surface area (Å²) in [7, 11) is 1.67. The van der Waals surface area contributed by atoms with Gasteiger partial charge in [0, 0.05) is 19.2 Å². The Balaban J connectivity index is 1.48. The van der Waals surface area contributed by atoms with E-state index in [-0.39, 0.29) is 24.6 Å². The number of likely N-dealkylation sites (N-methyl/N-ethyl adjacent to an activating group) is 1. The zero-order valence-corrected chi connectivity index (χ0v) is 18.0. The SMILES string of the molecule is CCN(C(=O)Cn1cncn1)[C@H]1CCO[C@@H](c2cccc(-c3ccc(OC)cc3)c2)C1. The number of amides is 1. The highest BCUT2D eigenvalue weighted by atomic mass is 16.5. The number of ether oxygens (including phenoxy) is 2. The third-order valence-corrected chi connectivity index (χ3v) is 5.80. The van der Waals surface area contributed by atoms with E-state index in [4.69, 9.17) is 9.47 Å². The van der Waals surface area contributed by atoms with Crippen molar-refractivity contribution in [3.05, 3.63) is 66.7 Å². The number of hydrogen-bond donors (Lipinski definition) is 0. The van der Waals surface area contributed by atoms with E-state index in [1.54, 1.807) is 18.1 Å². The maximum atomic E-state index is 12.9. The van der Waals surface area contributed by atoms with Gasteiger partial charge in [0.05, 0.1) is 13.2 Å². The van der Waals surface area contributed by atoms with Gasteiger partial charge in [-0.3, -0.25) is 4.79 Å². The van der Waals surface area contributed by atoms with Gasteiger partial charge in [-0.05, 0) is 54.7 Å². The molecule has 1 aliphatic rings. The first kappa shape index (κ1) is 21.1. The van der Waals surface area contributed by atoms with Crippen LogP contribution in [0.2, 0.25) is 0 Å². The van der Waals surface area contributed by atoms with Crippen LogP contribution in [-0.2, 0) is 16.1 Å². The smallest absolute Gasteiger partial charge is 0.244 e. The number of carbonyl (C=O) groups is 1. The van der Waals surface area contributed by atoms with E-state index in [0.717, 1.165) is 35.3 Å². The molecular formula is C24H28N4O3. The summed E-state index contributed by atoms with van der Waals surface area (Å²) in [6, 6.07) is 16.7. The Hall–Kier alpha value is -3.19. The third-order valence-electron chi connectivity index (χ3n) is 5.80. The molecule has 1 amide bonds. The van der Waals surface area contributed by atoms with Gasteiger partial charge in [-0.15, -0.1) is 0 Å². The van der Waals surface area contributed by atoms with Crippen LogP contribution < -0.4 is 4.74 Å². The summed E-state index contributed by atoms with van der Waals surface area (Å²) < 4.78 is 12.9. The number of hydrogen-bond acceptors (Lipinski definition) is 5. The molecule has 0 aliphatic carbocycles. The second-order valence-corrected chi connectivity index (χ2v) is 7.66. The highest BCUT2D eigenvalue weighted by molar-refractivity contribution is 5.76. The van der Waals surface area contributed by atoms with E-state index < -0.39 is 0 Å². The molecule has 4 rings (SSSR count). The molecule has 0 saturated carbocycles. The standard InChI is InChI=1S/C24H28N4O3/c1-3-28(24(29)15-27-17-25-16-26-27)21-11-12-31-23(14-21)20-6-4-5-19(13-20)18-7-9-22(30-2)10-8-18/h4-10,13,16-17,21,23H,3,11-12,14-15H2,1-2H3/t21-,23+/m0/s1. The number of aromatic nitrogens is 3. The molecule has 2 aromatic carbocycles. The quantitative estimate of drug-likeness (QED) is 0.583. The van der Waals surface area contributed by atoms with Crippen molar-refractivity contribution in [2.75, 3.05) is 20.3 Å². The lowest BCUT2D eigenvalue weighted by atomic mass is 9.94. The number of benzene rings is 2. The minimum atomic E-state index is -0.0369. The van der Waals surface area contributed by atoms with Gasteiger partial charge in [0.15, 0.2) is 0 Å². The van der Waals surface area contributed by atoms with Crippen molar-refractivity contribution in [1.82, 2.24) is 19.7 Å². The first-order chi connectivity index (χ1) is 15.2.